The summed E-state index contributed by atoms with van der Waals surface area (Å²) in [7, 11) is -3.14. The maximum absolute atomic E-state index is 12.4. The summed E-state index contributed by atoms with van der Waals surface area (Å²) < 4.78 is 31.4. The van der Waals surface area contributed by atoms with Crippen molar-refractivity contribution in [1.29, 1.82) is 0 Å². The number of nitrogens with zero attached hydrogens (tertiary/aromatic N) is 2. The Morgan fingerprint density at radius 2 is 1.91 bits per heavy atom. The second-order valence-electron chi connectivity index (χ2n) is 6.73. The molecular formula is C15H26N2O4S. The second kappa shape index (κ2) is 6.45. The molecule has 3 fully saturated rings. The minimum Gasteiger partial charge on any atom is -0.381 e. The Morgan fingerprint density at radius 3 is 2.59 bits per heavy atom. The lowest BCUT2D eigenvalue weighted by Gasteiger charge is -2.33. The quantitative estimate of drug-likeness (QED) is 0.755. The van der Waals surface area contributed by atoms with E-state index in [-0.39, 0.29) is 29.4 Å². The zero-order valence-corrected chi connectivity index (χ0v) is 14.1. The Kier molecular flexibility index (Phi) is 4.75. The number of sulfonamides is 1. The Morgan fingerprint density at radius 1 is 1.18 bits per heavy atom. The average molecular weight is 330 g/mol. The summed E-state index contributed by atoms with van der Waals surface area (Å²) in [5, 5.41) is 0. The molecule has 0 unspecified atom stereocenters. The summed E-state index contributed by atoms with van der Waals surface area (Å²) in [6, 6.07) is 0. The average Bonchev–Trinajstić information content (AvgIpc) is 3.17. The maximum atomic E-state index is 12.4. The minimum atomic E-state index is -3.14. The van der Waals surface area contributed by atoms with Crippen LogP contribution in [0.2, 0.25) is 0 Å². The van der Waals surface area contributed by atoms with Gasteiger partial charge in [-0.25, -0.2) is 12.7 Å². The summed E-state index contributed by atoms with van der Waals surface area (Å²) >= 11 is 0. The van der Waals surface area contributed by atoms with Crippen LogP contribution in [-0.2, 0) is 19.6 Å². The molecule has 3 aliphatic rings. The summed E-state index contributed by atoms with van der Waals surface area (Å²) in [6.45, 7) is 5.74. The van der Waals surface area contributed by atoms with Crippen LogP contribution >= 0.6 is 0 Å². The zero-order chi connectivity index (χ0) is 15.7. The second-order valence-corrected chi connectivity index (χ2v) is 8.99. The van der Waals surface area contributed by atoms with Gasteiger partial charge in [-0.15, -0.1) is 0 Å². The molecule has 3 saturated heterocycles. The Balaban J connectivity index is 1.64. The van der Waals surface area contributed by atoms with Gasteiger partial charge in [0.15, 0.2) is 0 Å². The zero-order valence-electron chi connectivity index (χ0n) is 13.2. The van der Waals surface area contributed by atoms with Gasteiger partial charge in [0.1, 0.15) is 0 Å². The van der Waals surface area contributed by atoms with E-state index in [2.05, 4.69) is 0 Å². The molecule has 3 atom stereocenters. The molecule has 0 bridgehead atoms. The standard InChI is InChI=1S/C15H26N2O4S/c1-2-22(19,20)17-8-13-11-21-10-12(14(13)9-17)7-15(18)16-5-3-4-6-16/h12-14H,2-11H2,1H3/t12-,13-,14+/m1/s1. The van der Waals surface area contributed by atoms with E-state index in [1.807, 2.05) is 4.90 Å². The molecule has 0 aromatic carbocycles. The van der Waals surface area contributed by atoms with Crippen molar-refractivity contribution in [2.75, 3.05) is 45.1 Å². The fraction of sp³-hybridized carbons (Fsp3) is 0.933. The Labute approximate surface area is 132 Å². The van der Waals surface area contributed by atoms with Gasteiger partial charge >= 0.3 is 0 Å². The van der Waals surface area contributed by atoms with E-state index in [1.165, 1.54) is 0 Å². The van der Waals surface area contributed by atoms with E-state index in [1.54, 1.807) is 11.2 Å². The number of hydrogen-bond donors (Lipinski definition) is 0. The molecule has 3 heterocycles. The van der Waals surface area contributed by atoms with Gasteiger partial charge < -0.3 is 9.64 Å². The summed E-state index contributed by atoms with van der Waals surface area (Å²) in [4.78, 5) is 14.3. The number of fused-ring (bicyclic) bond motifs is 1. The first kappa shape index (κ1) is 16.2. The van der Waals surface area contributed by atoms with Gasteiger partial charge in [0.25, 0.3) is 0 Å². The maximum Gasteiger partial charge on any atom is 0.222 e. The SMILES string of the molecule is CCS(=O)(=O)N1C[C@@H]2COC[C@@H](CC(=O)N3CCCC3)[C@@H]2C1. The number of ether oxygens (including phenoxy) is 1. The predicted octanol–water partition coefficient (Wildman–Crippen LogP) is 0.543. The van der Waals surface area contributed by atoms with Crippen molar-refractivity contribution in [2.24, 2.45) is 17.8 Å². The van der Waals surface area contributed by atoms with Gasteiger partial charge in [-0.05, 0) is 31.6 Å². The van der Waals surface area contributed by atoms with Gasteiger partial charge in [-0.1, -0.05) is 0 Å². The van der Waals surface area contributed by atoms with E-state index in [0.29, 0.717) is 32.7 Å². The first-order valence-electron chi connectivity index (χ1n) is 8.34. The molecule has 126 valence electrons. The highest BCUT2D eigenvalue weighted by atomic mass is 32.2. The van der Waals surface area contributed by atoms with E-state index in [0.717, 1.165) is 25.9 Å². The van der Waals surface area contributed by atoms with Crippen molar-refractivity contribution in [3.05, 3.63) is 0 Å². The Hall–Kier alpha value is -0.660. The summed E-state index contributed by atoms with van der Waals surface area (Å²) in [6.07, 6.45) is 2.70. The highest BCUT2D eigenvalue weighted by molar-refractivity contribution is 7.89. The molecule has 0 radical (unpaired) electrons. The molecule has 22 heavy (non-hydrogen) atoms. The van der Waals surface area contributed by atoms with Gasteiger partial charge in [0, 0.05) is 38.5 Å². The molecule has 0 aromatic heterocycles. The van der Waals surface area contributed by atoms with Gasteiger partial charge in [-0.3, -0.25) is 4.79 Å². The van der Waals surface area contributed by atoms with E-state index in [4.69, 9.17) is 4.74 Å². The van der Waals surface area contributed by atoms with Crippen LogP contribution < -0.4 is 0 Å². The highest BCUT2D eigenvalue weighted by Gasteiger charge is 2.44. The Bertz CT molecular complexity index is 516. The van der Waals surface area contributed by atoms with E-state index >= 15 is 0 Å². The number of rotatable bonds is 4. The summed E-state index contributed by atoms with van der Waals surface area (Å²) in [5.41, 5.74) is 0. The van der Waals surface area contributed by atoms with Crippen molar-refractivity contribution in [3.8, 4) is 0 Å². The minimum absolute atomic E-state index is 0.144. The molecule has 3 rings (SSSR count). The number of likely N-dealkylation sites (tertiary alicyclic amines) is 1. The molecule has 1 amide bonds. The molecule has 3 aliphatic heterocycles. The van der Waals surface area contributed by atoms with Crippen LogP contribution in [0.25, 0.3) is 0 Å². The largest absolute Gasteiger partial charge is 0.381 e. The molecule has 7 heteroatoms. The number of carbonyl (C=O) groups is 1. The van der Waals surface area contributed by atoms with Crippen LogP contribution in [0.3, 0.4) is 0 Å². The molecule has 0 aromatic rings. The van der Waals surface area contributed by atoms with Crippen LogP contribution in [0.5, 0.6) is 0 Å². The normalized spacial score (nSPS) is 33.1. The lowest BCUT2D eigenvalue weighted by atomic mass is 9.81. The topological polar surface area (TPSA) is 66.9 Å². The first-order chi connectivity index (χ1) is 10.5. The number of hydrogen-bond acceptors (Lipinski definition) is 4. The molecule has 0 spiro atoms. The third kappa shape index (κ3) is 3.16. The van der Waals surface area contributed by atoms with Crippen LogP contribution in [0.15, 0.2) is 0 Å². The third-order valence-electron chi connectivity index (χ3n) is 5.38. The van der Waals surface area contributed by atoms with Crippen LogP contribution in [-0.4, -0.2) is 68.7 Å². The van der Waals surface area contributed by atoms with Crippen molar-refractivity contribution < 1.29 is 17.9 Å². The molecular weight excluding hydrogens is 304 g/mol. The van der Waals surface area contributed by atoms with Crippen molar-refractivity contribution >= 4 is 15.9 Å². The van der Waals surface area contributed by atoms with Gasteiger partial charge in [0.2, 0.25) is 15.9 Å². The lowest BCUT2D eigenvalue weighted by Crippen LogP contribution is -2.39. The lowest BCUT2D eigenvalue weighted by molar-refractivity contribution is -0.133. The molecule has 6 nitrogen and oxygen atoms in total. The first-order valence-corrected chi connectivity index (χ1v) is 9.95. The van der Waals surface area contributed by atoms with Crippen molar-refractivity contribution in [1.82, 2.24) is 9.21 Å². The molecule has 0 aliphatic carbocycles. The smallest absolute Gasteiger partial charge is 0.222 e. The van der Waals surface area contributed by atoms with E-state index in [9.17, 15) is 13.2 Å². The van der Waals surface area contributed by atoms with Crippen molar-refractivity contribution in [2.45, 2.75) is 26.2 Å². The monoisotopic (exact) mass is 330 g/mol. The van der Waals surface area contributed by atoms with Crippen LogP contribution in [0.1, 0.15) is 26.2 Å². The number of carbonyl (C=O) groups excluding carboxylic acids is 1. The van der Waals surface area contributed by atoms with Crippen LogP contribution in [0, 0.1) is 17.8 Å². The fourth-order valence-corrected chi connectivity index (χ4v) is 5.18. The third-order valence-corrected chi connectivity index (χ3v) is 7.20. The predicted molar refractivity (Wildman–Crippen MR) is 82.8 cm³/mol. The molecule has 0 saturated carbocycles. The molecule has 0 N–H and O–H groups in total. The number of amides is 1. The summed E-state index contributed by atoms with van der Waals surface area (Å²) in [5.74, 6) is 1.02. The van der Waals surface area contributed by atoms with Gasteiger partial charge in [0.05, 0.1) is 19.0 Å². The van der Waals surface area contributed by atoms with Crippen molar-refractivity contribution in [3.63, 3.8) is 0 Å². The van der Waals surface area contributed by atoms with Crippen LogP contribution in [0.4, 0.5) is 0 Å². The van der Waals surface area contributed by atoms with Gasteiger partial charge in [-0.2, -0.15) is 0 Å². The highest BCUT2D eigenvalue weighted by Crippen LogP contribution is 2.37. The van der Waals surface area contributed by atoms with E-state index < -0.39 is 10.0 Å². The fourth-order valence-electron chi connectivity index (χ4n) is 4.00.